The van der Waals surface area contributed by atoms with Crippen molar-refractivity contribution in [3.05, 3.63) is 107 Å². The zero-order valence-corrected chi connectivity index (χ0v) is 39.5. The van der Waals surface area contributed by atoms with Crippen molar-refractivity contribution in [1.82, 2.24) is 5.32 Å². The number of carbonyl (C=O) groups excluding carboxylic acids is 2. The number of nitrogens with one attached hydrogen (secondary N) is 1. The highest BCUT2D eigenvalue weighted by molar-refractivity contribution is 6.00. The number of aromatic nitrogens is 2. The van der Waals surface area contributed by atoms with Gasteiger partial charge < -0.3 is 24.6 Å². The maximum atomic E-state index is 14.7. The number of hydrogen-bond acceptors (Lipinski definition) is 7. The molecule has 1 N–H and O–H groups in total. The SMILES string of the molecule is CCCCCCCCCCCCOC(=O)C1=C(C[n+]2ccc(N(C)C)cc2)NC(C[n+]2ccc(N(C)C)cc2)=C(C(=O)OCCCCCCCCCCCC)C1c1ccccc1. The highest BCUT2D eigenvalue weighted by Crippen LogP contribution is 2.40. The molecule has 0 saturated heterocycles. The average Bonchev–Trinajstić information content (AvgIpc) is 3.27. The largest absolute Gasteiger partial charge is 0.462 e. The van der Waals surface area contributed by atoms with Crippen LogP contribution in [0.15, 0.2) is 102 Å². The fourth-order valence-corrected chi connectivity index (χ4v) is 8.26. The number of carbonyl (C=O) groups is 2. The van der Waals surface area contributed by atoms with E-state index >= 15 is 0 Å². The first-order chi connectivity index (χ1) is 30.2. The first-order valence-corrected chi connectivity index (χ1v) is 24.2. The van der Waals surface area contributed by atoms with Crippen molar-refractivity contribution in [3.63, 3.8) is 0 Å². The minimum Gasteiger partial charge on any atom is -0.462 e. The molecule has 0 bridgehead atoms. The number of esters is 2. The third kappa shape index (κ3) is 17.2. The zero-order chi connectivity index (χ0) is 44.4. The number of benzene rings is 1. The Bertz CT molecular complexity index is 1680. The third-order valence-electron chi connectivity index (χ3n) is 12.0. The van der Waals surface area contributed by atoms with Crippen molar-refractivity contribution < 1.29 is 28.2 Å². The van der Waals surface area contributed by atoms with Crippen molar-refractivity contribution in [2.75, 3.05) is 51.2 Å². The summed E-state index contributed by atoms with van der Waals surface area (Å²) in [5, 5.41) is 3.67. The fraction of sp³-hybridized carbons (Fsp3) is 0.585. The normalized spacial score (nSPS) is 13.0. The number of pyridine rings is 2. The summed E-state index contributed by atoms with van der Waals surface area (Å²) in [5.74, 6) is -1.49. The minimum atomic E-state index is -0.689. The number of unbranched alkanes of at least 4 members (excludes halogenated alkanes) is 18. The second-order valence-electron chi connectivity index (χ2n) is 17.6. The van der Waals surface area contributed by atoms with Gasteiger partial charge in [0.1, 0.15) is 0 Å². The van der Waals surface area contributed by atoms with Crippen molar-refractivity contribution in [3.8, 4) is 0 Å². The first-order valence-electron chi connectivity index (χ1n) is 24.2. The number of allylic oxidation sites excluding steroid dienone is 2. The van der Waals surface area contributed by atoms with Crippen molar-refractivity contribution in [2.24, 2.45) is 0 Å². The molecule has 9 nitrogen and oxygen atoms in total. The Morgan fingerprint density at radius 1 is 0.500 bits per heavy atom. The van der Waals surface area contributed by atoms with E-state index in [-0.39, 0.29) is 0 Å². The van der Waals surface area contributed by atoms with Crippen LogP contribution in [-0.4, -0.2) is 53.3 Å². The summed E-state index contributed by atoms with van der Waals surface area (Å²) in [5.41, 5.74) is 5.33. The molecular weight excluding hydrogens is 771 g/mol. The molecule has 3 aromatic rings. The average molecular weight is 852 g/mol. The summed E-state index contributed by atoms with van der Waals surface area (Å²) in [6, 6.07) is 18.2. The van der Waals surface area contributed by atoms with E-state index in [9.17, 15) is 9.59 Å². The molecule has 1 aliphatic heterocycles. The molecule has 4 rings (SSSR count). The Balaban J connectivity index is 1.62. The zero-order valence-electron chi connectivity index (χ0n) is 39.5. The Morgan fingerprint density at radius 3 is 1.18 bits per heavy atom. The minimum absolute atomic E-state index is 0.335. The van der Waals surface area contributed by atoms with E-state index < -0.39 is 17.9 Å². The van der Waals surface area contributed by atoms with Gasteiger partial charge >= 0.3 is 11.9 Å². The van der Waals surface area contributed by atoms with Gasteiger partial charge in [-0.1, -0.05) is 160 Å². The number of rotatable bonds is 31. The molecular formula is C53H81N5O4+2. The van der Waals surface area contributed by atoms with Crippen LogP contribution in [0.25, 0.3) is 0 Å². The van der Waals surface area contributed by atoms with E-state index in [1.807, 2.05) is 83.3 Å². The lowest BCUT2D eigenvalue weighted by Crippen LogP contribution is -2.45. The monoisotopic (exact) mass is 852 g/mol. The smallest absolute Gasteiger partial charge is 0.337 e. The third-order valence-corrected chi connectivity index (χ3v) is 12.0. The van der Waals surface area contributed by atoms with Gasteiger partial charge in [-0.05, 0) is 18.4 Å². The highest BCUT2D eigenvalue weighted by atomic mass is 16.5. The van der Waals surface area contributed by atoms with Crippen molar-refractivity contribution in [1.29, 1.82) is 0 Å². The maximum absolute atomic E-state index is 14.7. The molecule has 0 saturated carbocycles. The first kappa shape index (κ1) is 50.0. The molecule has 1 aromatic carbocycles. The van der Waals surface area contributed by atoms with Crippen LogP contribution in [0.2, 0.25) is 0 Å². The fourth-order valence-electron chi connectivity index (χ4n) is 8.26. The van der Waals surface area contributed by atoms with Gasteiger partial charge in [-0.3, -0.25) is 0 Å². The summed E-state index contributed by atoms with van der Waals surface area (Å²) in [6.07, 6.45) is 32.1. The number of nitrogens with zero attached hydrogens (tertiary/aromatic N) is 4. The molecule has 0 unspecified atom stereocenters. The molecule has 0 aliphatic carbocycles. The molecule has 1 aliphatic rings. The van der Waals surface area contributed by atoms with Gasteiger partial charge in [-0.2, -0.15) is 9.13 Å². The summed E-state index contributed by atoms with van der Waals surface area (Å²) >= 11 is 0. The summed E-state index contributed by atoms with van der Waals surface area (Å²) in [7, 11) is 8.09. The van der Waals surface area contributed by atoms with Gasteiger partial charge in [0.25, 0.3) is 0 Å². The van der Waals surface area contributed by atoms with Crippen molar-refractivity contribution >= 4 is 23.3 Å². The van der Waals surface area contributed by atoms with Crippen LogP contribution in [0.3, 0.4) is 0 Å². The Morgan fingerprint density at radius 2 is 0.839 bits per heavy atom. The van der Waals surface area contributed by atoms with Gasteiger partial charge in [0, 0.05) is 63.8 Å². The number of hydrogen-bond donors (Lipinski definition) is 1. The summed E-state index contributed by atoms with van der Waals surface area (Å²) in [6.45, 7) is 5.95. The van der Waals surface area contributed by atoms with Crippen molar-refractivity contribution in [2.45, 2.75) is 161 Å². The van der Waals surface area contributed by atoms with Crippen LogP contribution in [0.5, 0.6) is 0 Å². The number of ether oxygens (including phenoxy) is 2. The van der Waals surface area contributed by atoms with Gasteiger partial charge in [0.2, 0.25) is 0 Å². The molecule has 0 spiro atoms. The van der Waals surface area contributed by atoms with Crippen LogP contribution >= 0.6 is 0 Å². The van der Waals surface area contributed by atoms with Gasteiger partial charge in [-0.15, -0.1) is 0 Å². The van der Waals surface area contributed by atoms with Crippen LogP contribution in [0, 0.1) is 0 Å². The maximum Gasteiger partial charge on any atom is 0.337 e. The predicted octanol–water partition coefficient (Wildman–Crippen LogP) is 10.9. The molecule has 62 heavy (non-hydrogen) atoms. The molecule has 0 atom stereocenters. The Kier molecular flexibility index (Phi) is 23.3. The van der Waals surface area contributed by atoms with Gasteiger partial charge in [0.05, 0.1) is 41.7 Å². The van der Waals surface area contributed by atoms with Crippen LogP contribution in [-0.2, 0) is 32.2 Å². The van der Waals surface area contributed by atoms with E-state index in [4.69, 9.17) is 9.47 Å². The lowest BCUT2D eigenvalue weighted by molar-refractivity contribution is -0.691. The highest BCUT2D eigenvalue weighted by Gasteiger charge is 2.42. The second kappa shape index (κ2) is 28.8. The second-order valence-corrected chi connectivity index (χ2v) is 17.6. The van der Waals surface area contributed by atoms with E-state index in [1.165, 1.54) is 89.9 Å². The topological polar surface area (TPSA) is 78.9 Å². The van der Waals surface area contributed by atoms with E-state index in [0.29, 0.717) is 48.8 Å². The Hall–Kier alpha value is -4.66. The molecule has 0 amide bonds. The lowest BCUT2D eigenvalue weighted by Gasteiger charge is -2.31. The van der Waals surface area contributed by atoms with Crippen LogP contribution < -0.4 is 24.3 Å². The predicted molar refractivity (Wildman–Crippen MR) is 254 cm³/mol. The van der Waals surface area contributed by atoms with Gasteiger partial charge in [0.15, 0.2) is 37.9 Å². The molecule has 3 heterocycles. The molecule has 2 aromatic heterocycles. The quantitative estimate of drug-likeness (QED) is 0.0392. The van der Waals surface area contributed by atoms with E-state index in [2.05, 4.69) is 62.4 Å². The molecule has 340 valence electrons. The summed E-state index contributed by atoms with van der Waals surface area (Å²) in [4.78, 5) is 33.5. The van der Waals surface area contributed by atoms with Gasteiger partial charge in [-0.25, -0.2) is 9.59 Å². The van der Waals surface area contributed by atoms with Crippen LogP contribution in [0.4, 0.5) is 11.4 Å². The number of dihydropyridines is 1. The van der Waals surface area contributed by atoms with E-state index in [0.717, 1.165) is 55.5 Å². The van der Waals surface area contributed by atoms with E-state index in [1.54, 1.807) is 0 Å². The molecule has 0 radical (unpaired) electrons. The Labute approximate surface area is 375 Å². The summed E-state index contributed by atoms with van der Waals surface area (Å²) < 4.78 is 16.5. The molecule has 9 heteroatoms. The molecule has 0 fully saturated rings. The lowest BCUT2D eigenvalue weighted by atomic mass is 9.80. The van der Waals surface area contributed by atoms with Crippen LogP contribution in [0.1, 0.15) is 154 Å². The standard InChI is InChI=1S/C53H80N5O4/c1-7-9-11-13-15-17-19-21-23-28-40-61-52(59)50-47(42-57-36-32-45(33-37-57)55(3)4)54-48(43-58-38-34-46(35-39-58)56(5)6)51(49(50)44-30-26-25-27-31-44)53(60)62-41-29-24-22-20-18-16-14-12-10-8-2/h25-27,30-39,49H,7-24,28-29,40-43H2,1-6H3/q+1/p+1. The number of anilines is 2.